The molecule has 3 heterocycles. The summed E-state index contributed by atoms with van der Waals surface area (Å²) in [6.45, 7) is 5.96. The summed E-state index contributed by atoms with van der Waals surface area (Å²) in [5.74, 6) is 0.560. The van der Waals surface area contributed by atoms with Crippen molar-refractivity contribution in [2.75, 3.05) is 0 Å². The monoisotopic (exact) mass is 473 g/mol. The van der Waals surface area contributed by atoms with Gasteiger partial charge in [-0.15, -0.1) is 0 Å². The number of pyridine rings is 1. The fourth-order valence-electron chi connectivity index (χ4n) is 3.86. The zero-order chi connectivity index (χ0) is 23.5. The van der Waals surface area contributed by atoms with Crippen molar-refractivity contribution in [3.05, 3.63) is 74.9 Å². The van der Waals surface area contributed by atoms with Gasteiger partial charge in [0.2, 0.25) is 0 Å². The average Bonchev–Trinajstić information content (AvgIpc) is 3.14. The summed E-state index contributed by atoms with van der Waals surface area (Å²) in [7, 11) is 5.92. The van der Waals surface area contributed by atoms with E-state index in [0.29, 0.717) is 43.7 Å². The van der Waals surface area contributed by atoms with E-state index >= 15 is 0 Å². The number of hydrogen-bond acceptors (Lipinski definition) is 4. The third-order valence-electron chi connectivity index (χ3n) is 5.41. The van der Waals surface area contributed by atoms with Crippen molar-refractivity contribution >= 4 is 53.2 Å². The molecular weight excluding hydrogens is 456 g/mol. The number of nitrogens with zero attached hydrogens (tertiary/aromatic N) is 4. The summed E-state index contributed by atoms with van der Waals surface area (Å²) in [6, 6.07) is 14.7. The molecule has 0 bridgehead atoms. The highest BCUT2D eigenvalue weighted by atomic mass is 35.5. The first-order chi connectivity index (χ1) is 15.6. The van der Waals surface area contributed by atoms with Gasteiger partial charge in [-0.05, 0) is 29.8 Å². The van der Waals surface area contributed by atoms with Crippen molar-refractivity contribution in [3.63, 3.8) is 0 Å². The van der Waals surface area contributed by atoms with Gasteiger partial charge >= 0.3 is 5.69 Å². The van der Waals surface area contributed by atoms with Crippen LogP contribution in [0.1, 0.15) is 26.6 Å². The summed E-state index contributed by atoms with van der Waals surface area (Å²) in [6.07, 6.45) is 0. The molecule has 5 aromatic rings. The maximum Gasteiger partial charge on any atom is 0.349 e. The molecule has 5 rings (SSSR count). The van der Waals surface area contributed by atoms with Crippen LogP contribution >= 0.6 is 23.2 Å². The van der Waals surface area contributed by atoms with E-state index in [-0.39, 0.29) is 5.69 Å². The third-order valence-corrected chi connectivity index (χ3v) is 5.98. The fourth-order valence-corrected chi connectivity index (χ4v) is 4.26. The Balaban J connectivity index is 1.93. The standard InChI is InChI=1S/C24H18BCl2N5O/c1-24(2,3)22-29-20-17(21-30-31-23(33)32(21)22)11-16(12-4-7-14(26)8-5-12)19(28-20)15-9-6-13(25)10-18(15)27/h4-11H,1-3H3,(H,31,33). The van der Waals surface area contributed by atoms with Gasteiger partial charge < -0.3 is 0 Å². The van der Waals surface area contributed by atoms with Crippen LogP contribution < -0.4 is 11.2 Å². The van der Waals surface area contributed by atoms with Gasteiger partial charge in [0.05, 0.1) is 11.1 Å². The zero-order valence-electron chi connectivity index (χ0n) is 18.1. The van der Waals surface area contributed by atoms with Gasteiger partial charge in [-0.1, -0.05) is 73.7 Å². The highest BCUT2D eigenvalue weighted by Crippen LogP contribution is 2.37. The topological polar surface area (TPSA) is 75.9 Å². The molecule has 0 fully saturated rings. The first kappa shape index (κ1) is 21.7. The molecule has 33 heavy (non-hydrogen) atoms. The van der Waals surface area contributed by atoms with Crippen LogP contribution in [0.2, 0.25) is 10.0 Å². The summed E-state index contributed by atoms with van der Waals surface area (Å²) < 4.78 is 1.51. The number of nitrogens with one attached hydrogen (secondary N) is 1. The molecule has 9 heteroatoms. The number of fused-ring (bicyclic) bond motifs is 3. The van der Waals surface area contributed by atoms with E-state index in [1.807, 2.05) is 57.2 Å². The Morgan fingerprint density at radius 2 is 1.70 bits per heavy atom. The summed E-state index contributed by atoms with van der Waals surface area (Å²) in [5.41, 5.74) is 3.77. The Kier molecular flexibility index (Phi) is 5.07. The van der Waals surface area contributed by atoms with E-state index in [4.69, 9.17) is 41.0 Å². The molecular formula is C24H18BCl2N5O. The first-order valence-electron chi connectivity index (χ1n) is 10.3. The van der Waals surface area contributed by atoms with Crippen molar-refractivity contribution < 1.29 is 0 Å². The van der Waals surface area contributed by atoms with Crippen LogP contribution in [0.25, 0.3) is 39.1 Å². The maximum atomic E-state index is 12.6. The van der Waals surface area contributed by atoms with Gasteiger partial charge in [0.1, 0.15) is 13.7 Å². The molecule has 6 nitrogen and oxygen atoms in total. The molecule has 0 spiro atoms. The molecule has 1 N–H and O–H groups in total. The molecule has 0 aliphatic rings. The van der Waals surface area contributed by atoms with Crippen molar-refractivity contribution in [2.24, 2.45) is 0 Å². The smallest absolute Gasteiger partial charge is 0.246 e. The molecule has 0 aliphatic heterocycles. The van der Waals surface area contributed by atoms with Crippen LogP contribution in [0.5, 0.6) is 0 Å². The zero-order valence-corrected chi connectivity index (χ0v) is 19.7. The predicted molar refractivity (Wildman–Crippen MR) is 134 cm³/mol. The minimum absolute atomic E-state index is 0.344. The Morgan fingerprint density at radius 3 is 2.36 bits per heavy atom. The van der Waals surface area contributed by atoms with Crippen molar-refractivity contribution in [1.82, 2.24) is 24.6 Å². The SMILES string of the molecule is [B]c1ccc(-c2nc3nc(C(C)(C)C)n4c(=O)[nH]nc4c3cc2-c2ccc(Cl)cc2)c(Cl)c1. The first-order valence-corrected chi connectivity index (χ1v) is 11.0. The van der Waals surface area contributed by atoms with Crippen LogP contribution in [-0.4, -0.2) is 32.4 Å². The van der Waals surface area contributed by atoms with E-state index in [0.717, 1.165) is 16.7 Å². The summed E-state index contributed by atoms with van der Waals surface area (Å²) in [4.78, 5) is 22.3. The highest BCUT2D eigenvalue weighted by molar-refractivity contribution is 6.38. The molecule has 0 amide bonds. The number of H-pyrrole nitrogens is 1. The van der Waals surface area contributed by atoms with Crippen LogP contribution in [-0.2, 0) is 5.41 Å². The number of rotatable bonds is 2. The minimum Gasteiger partial charge on any atom is -0.246 e. The molecule has 0 saturated carbocycles. The summed E-state index contributed by atoms with van der Waals surface area (Å²) >= 11 is 12.7. The Morgan fingerprint density at radius 1 is 0.970 bits per heavy atom. The van der Waals surface area contributed by atoms with Gasteiger partial charge in [0.15, 0.2) is 11.3 Å². The predicted octanol–water partition coefficient (Wildman–Crippen LogP) is 4.70. The number of aromatic amines is 1. The Hall–Kier alpha value is -3.16. The second-order valence-electron chi connectivity index (χ2n) is 8.88. The minimum atomic E-state index is -0.421. The van der Waals surface area contributed by atoms with Gasteiger partial charge in [0.25, 0.3) is 0 Å². The van der Waals surface area contributed by atoms with Crippen LogP contribution in [0, 0.1) is 0 Å². The number of aromatic nitrogens is 5. The number of halogens is 2. The molecule has 0 atom stereocenters. The lowest BCUT2D eigenvalue weighted by Gasteiger charge is -2.20. The quantitative estimate of drug-likeness (QED) is 0.377. The van der Waals surface area contributed by atoms with Gasteiger partial charge in [-0.3, -0.25) is 0 Å². The fraction of sp³-hybridized carbons (Fsp3) is 0.167. The van der Waals surface area contributed by atoms with Crippen molar-refractivity contribution in [3.8, 4) is 22.4 Å². The maximum absolute atomic E-state index is 12.6. The lowest BCUT2D eigenvalue weighted by Crippen LogP contribution is -2.25. The van der Waals surface area contributed by atoms with Gasteiger partial charge in [-0.2, -0.15) is 5.10 Å². The van der Waals surface area contributed by atoms with E-state index < -0.39 is 5.41 Å². The lowest BCUT2D eigenvalue weighted by atomic mass is 9.92. The largest absolute Gasteiger partial charge is 0.349 e. The average molecular weight is 474 g/mol. The van der Waals surface area contributed by atoms with E-state index in [2.05, 4.69) is 10.2 Å². The molecule has 2 radical (unpaired) electrons. The van der Waals surface area contributed by atoms with Crippen LogP contribution in [0.15, 0.2) is 53.3 Å². The highest BCUT2D eigenvalue weighted by Gasteiger charge is 2.25. The van der Waals surface area contributed by atoms with Gasteiger partial charge in [-0.25, -0.2) is 24.3 Å². The second-order valence-corrected chi connectivity index (χ2v) is 9.72. The number of hydrogen-bond donors (Lipinski definition) is 1. The molecule has 0 saturated heterocycles. The lowest BCUT2D eigenvalue weighted by molar-refractivity contribution is 0.535. The Bertz CT molecular complexity index is 1600. The van der Waals surface area contributed by atoms with Crippen LogP contribution in [0.4, 0.5) is 0 Å². The molecule has 0 aliphatic carbocycles. The van der Waals surface area contributed by atoms with Crippen molar-refractivity contribution in [2.45, 2.75) is 26.2 Å². The number of benzene rings is 2. The van der Waals surface area contributed by atoms with Crippen LogP contribution in [0.3, 0.4) is 0 Å². The molecule has 0 unspecified atom stereocenters. The van der Waals surface area contributed by atoms with E-state index in [9.17, 15) is 4.79 Å². The Labute approximate surface area is 201 Å². The van der Waals surface area contributed by atoms with E-state index in [1.54, 1.807) is 12.1 Å². The molecule has 162 valence electrons. The van der Waals surface area contributed by atoms with Crippen molar-refractivity contribution in [1.29, 1.82) is 0 Å². The molecule has 3 aromatic heterocycles. The summed E-state index contributed by atoms with van der Waals surface area (Å²) in [5, 5.41) is 8.57. The third kappa shape index (κ3) is 3.71. The normalized spacial score (nSPS) is 12.0. The van der Waals surface area contributed by atoms with E-state index in [1.165, 1.54) is 4.40 Å². The molecule has 2 aromatic carbocycles. The second kappa shape index (κ2) is 7.71. The van der Waals surface area contributed by atoms with Gasteiger partial charge in [0, 0.05) is 26.6 Å².